The molecule has 0 bridgehead atoms. The fraction of sp³-hybridized carbons (Fsp3) is 0.250. The van der Waals surface area contributed by atoms with E-state index in [1.807, 2.05) is 6.92 Å². The van der Waals surface area contributed by atoms with Crippen molar-refractivity contribution in [2.24, 2.45) is 4.99 Å². The minimum absolute atomic E-state index is 0.0894. The molecule has 0 aromatic heterocycles. The summed E-state index contributed by atoms with van der Waals surface area (Å²) < 4.78 is 0. The van der Waals surface area contributed by atoms with Crippen LogP contribution in [-0.2, 0) is 4.79 Å². The van der Waals surface area contributed by atoms with E-state index in [4.69, 9.17) is 11.6 Å². The van der Waals surface area contributed by atoms with Gasteiger partial charge in [-0.05, 0) is 30.8 Å². The second kappa shape index (κ2) is 5.54. The van der Waals surface area contributed by atoms with Crippen LogP contribution in [0, 0.1) is 0 Å². The highest BCUT2D eigenvalue weighted by atomic mass is 35.5. The lowest BCUT2D eigenvalue weighted by molar-refractivity contribution is -0.120. The number of hydrogen-bond donors (Lipinski definition) is 1. The van der Waals surface area contributed by atoms with Gasteiger partial charge < -0.3 is 5.32 Å². The number of hydrogen-bond acceptors (Lipinski definition) is 4. The maximum atomic E-state index is 12.0. The van der Waals surface area contributed by atoms with Crippen LogP contribution in [0.5, 0.6) is 0 Å². The number of nitrogens with one attached hydrogen (secondary N) is 1. The molecule has 0 unspecified atom stereocenters. The van der Waals surface area contributed by atoms with Crippen LogP contribution in [0.15, 0.2) is 29.3 Å². The molecule has 1 aliphatic rings. The lowest BCUT2D eigenvalue weighted by Crippen LogP contribution is -2.36. The number of amides is 1. The fourth-order valence-electron chi connectivity index (χ4n) is 1.53. The van der Waals surface area contributed by atoms with Crippen molar-refractivity contribution >= 4 is 39.6 Å². The summed E-state index contributed by atoms with van der Waals surface area (Å²) in [5.74, 6) is -0.112. The topological polar surface area (TPSA) is 58.5 Å². The van der Waals surface area contributed by atoms with Crippen LogP contribution in [-0.4, -0.2) is 22.2 Å². The van der Waals surface area contributed by atoms with Gasteiger partial charge in [0.15, 0.2) is 5.17 Å². The molecule has 1 aliphatic heterocycles. The molecule has 0 aliphatic carbocycles. The number of aliphatic imine (C=N–C) groups is 1. The molecule has 0 saturated carbocycles. The van der Waals surface area contributed by atoms with Crippen molar-refractivity contribution in [3.05, 3.63) is 34.9 Å². The lowest BCUT2D eigenvalue weighted by Gasteiger charge is -2.16. The second-order valence-electron chi connectivity index (χ2n) is 3.94. The zero-order chi connectivity index (χ0) is 13.1. The predicted molar refractivity (Wildman–Crippen MR) is 73.0 cm³/mol. The summed E-state index contributed by atoms with van der Waals surface area (Å²) in [4.78, 5) is 27.5. The maximum Gasteiger partial charge on any atom is 0.228 e. The zero-order valence-electron chi connectivity index (χ0n) is 9.64. The van der Waals surface area contributed by atoms with E-state index in [1.165, 1.54) is 0 Å². The van der Waals surface area contributed by atoms with Crippen LogP contribution in [0.3, 0.4) is 0 Å². The quantitative estimate of drug-likeness (QED) is 0.861. The Labute approximate surface area is 114 Å². The average molecular weight is 283 g/mol. The molecule has 4 nitrogen and oxygen atoms in total. The molecule has 1 N–H and O–H groups in total. The van der Waals surface area contributed by atoms with Crippen molar-refractivity contribution < 1.29 is 9.59 Å². The van der Waals surface area contributed by atoms with Gasteiger partial charge in [-0.15, -0.1) is 0 Å². The minimum atomic E-state index is -0.189. The van der Waals surface area contributed by atoms with Gasteiger partial charge in [0.05, 0.1) is 6.04 Å². The SMILES string of the molecule is C[C@H]1CC(=O)NC(SC(=O)c2cccc(Cl)c2)=N1. The van der Waals surface area contributed by atoms with Gasteiger partial charge in [-0.25, -0.2) is 0 Å². The summed E-state index contributed by atoms with van der Waals surface area (Å²) in [7, 11) is 0. The summed E-state index contributed by atoms with van der Waals surface area (Å²) >= 11 is 6.73. The summed E-state index contributed by atoms with van der Waals surface area (Å²) in [6.45, 7) is 1.84. The first-order valence-electron chi connectivity index (χ1n) is 5.40. The second-order valence-corrected chi connectivity index (χ2v) is 5.33. The fourth-order valence-corrected chi connectivity index (χ4v) is 2.54. The van der Waals surface area contributed by atoms with E-state index < -0.39 is 0 Å². The molecule has 0 fully saturated rings. The molecule has 94 valence electrons. The first-order valence-corrected chi connectivity index (χ1v) is 6.59. The van der Waals surface area contributed by atoms with Crippen LogP contribution in [0.1, 0.15) is 23.7 Å². The van der Waals surface area contributed by atoms with E-state index in [0.717, 1.165) is 11.8 Å². The van der Waals surface area contributed by atoms with E-state index in [-0.39, 0.29) is 17.1 Å². The van der Waals surface area contributed by atoms with E-state index in [9.17, 15) is 9.59 Å². The summed E-state index contributed by atoms with van der Waals surface area (Å²) in [6, 6.07) is 6.58. The first-order chi connectivity index (χ1) is 8.54. The molecular weight excluding hydrogens is 272 g/mol. The third-order valence-electron chi connectivity index (χ3n) is 2.31. The van der Waals surface area contributed by atoms with Crippen molar-refractivity contribution in [3.8, 4) is 0 Å². The number of carbonyl (C=O) groups excluding carboxylic acids is 2. The van der Waals surface area contributed by atoms with Crippen molar-refractivity contribution in [1.29, 1.82) is 0 Å². The van der Waals surface area contributed by atoms with Gasteiger partial charge in [-0.3, -0.25) is 14.6 Å². The zero-order valence-corrected chi connectivity index (χ0v) is 11.2. The molecule has 2 rings (SSSR count). The van der Waals surface area contributed by atoms with Crippen molar-refractivity contribution in [3.63, 3.8) is 0 Å². The largest absolute Gasteiger partial charge is 0.305 e. The third-order valence-corrected chi connectivity index (χ3v) is 3.37. The molecule has 6 heteroatoms. The van der Waals surface area contributed by atoms with Gasteiger partial charge in [0.1, 0.15) is 0 Å². The molecule has 0 spiro atoms. The number of carbonyl (C=O) groups is 2. The Kier molecular flexibility index (Phi) is 4.04. The molecule has 1 aromatic rings. The third kappa shape index (κ3) is 3.34. The monoisotopic (exact) mass is 282 g/mol. The summed E-state index contributed by atoms with van der Waals surface area (Å²) in [5.41, 5.74) is 0.489. The Morgan fingerprint density at radius 2 is 2.33 bits per heavy atom. The van der Waals surface area contributed by atoms with Gasteiger partial charge in [-0.1, -0.05) is 23.7 Å². The highest BCUT2D eigenvalue weighted by molar-refractivity contribution is 8.26. The minimum Gasteiger partial charge on any atom is -0.305 e. The summed E-state index contributed by atoms with van der Waals surface area (Å²) in [6.07, 6.45) is 0.357. The van der Waals surface area contributed by atoms with Crippen LogP contribution in [0.4, 0.5) is 0 Å². The van der Waals surface area contributed by atoms with Gasteiger partial charge in [0.25, 0.3) is 0 Å². The Balaban J connectivity index is 2.10. The number of benzene rings is 1. The molecule has 1 amide bonds. The number of rotatable bonds is 1. The number of thioether (sulfide) groups is 1. The number of nitrogens with zero attached hydrogens (tertiary/aromatic N) is 1. The van der Waals surface area contributed by atoms with Crippen LogP contribution >= 0.6 is 23.4 Å². The molecule has 0 radical (unpaired) electrons. The van der Waals surface area contributed by atoms with Gasteiger partial charge in [0, 0.05) is 17.0 Å². The number of amidine groups is 1. The van der Waals surface area contributed by atoms with E-state index in [1.54, 1.807) is 24.3 Å². The lowest BCUT2D eigenvalue weighted by atomic mass is 10.2. The smallest absolute Gasteiger partial charge is 0.228 e. The Bertz CT molecular complexity index is 531. The predicted octanol–water partition coefficient (Wildman–Crippen LogP) is 2.48. The van der Waals surface area contributed by atoms with E-state index >= 15 is 0 Å². The standard InChI is InChI=1S/C12H11ClN2O2S/c1-7-5-10(16)15-12(14-7)18-11(17)8-3-2-4-9(13)6-8/h2-4,6-7H,5H2,1H3,(H,14,15,16)/t7-/m0/s1. The van der Waals surface area contributed by atoms with Crippen LogP contribution < -0.4 is 5.32 Å². The normalized spacial score (nSPS) is 19.1. The van der Waals surface area contributed by atoms with Gasteiger partial charge >= 0.3 is 0 Å². The molecule has 1 aromatic carbocycles. The van der Waals surface area contributed by atoms with Crippen molar-refractivity contribution in [1.82, 2.24) is 5.32 Å². The van der Waals surface area contributed by atoms with Gasteiger partial charge in [-0.2, -0.15) is 0 Å². The summed E-state index contributed by atoms with van der Waals surface area (Å²) in [5, 5.41) is 3.25. The molecule has 18 heavy (non-hydrogen) atoms. The Hall–Kier alpha value is -1.33. The molecular formula is C12H11ClN2O2S. The number of halogens is 1. The van der Waals surface area contributed by atoms with Crippen LogP contribution in [0.2, 0.25) is 5.02 Å². The first kappa shape index (κ1) is 13.1. The van der Waals surface area contributed by atoms with E-state index in [0.29, 0.717) is 22.2 Å². The Morgan fingerprint density at radius 3 is 3.00 bits per heavy atom. The van der Waals surface area contributed by atoms with Crippen LogP contribution in [0.25, 0.3) is 0 Å². The Morgan fingerprint density at radius 1 is 1.56 bits per heavy atom. The maximum absolute atomic E-state index is 12.0. The highest BCUT2D eigenvalue weighted by Gasteiger charge is 2.20. The molecule has 1 heterocycles. The highest BCUT2D eigenvalue weighted by Crippen LogP contribution is 2.19. The van der Waals surface area contributed by atoms with Crippen molar-refractivity contribution in [2.75, 3.05) is 0 Å². The van der Waals surface area contributed by atoms with Gasteiger partial charge in [0.2, 0.25) is 11.0 Å². The average Bonchev–Trinajstić information content (AvgIpc) is 2.27. The van der Waals surface area contributed by atoms with E-state index in [2.05, 4.69) is 10.3 Å². The van der Waals surface area contributed by atoms with Crippen molar-refractivity contribution in [2.45, 2.75) is 19.4 Å². The molecule has 0 saturated heterocycles. The molecule has 1 atom stereocenters.